The third kappa shape index (κ3) is 5.91. The summed E-state index contributed by atoms with van der Waals surface area (Å²) < 4.78 is 18.9. The Morgan fingerprint density at radius 3 is 2.44 bits per heavy atom. The zero-order valence-corrected chi connectivity index (χ0v) is 26.9. The second-order valence-corrected chi connectivity index (χ2v) is 11.8. The molecular weight excluding hydrogens is 613 g/mol. The van der Waals surface area contributed by atoms with Crippen LogP contribution in [0.15, 0.2) is 67.6 Å². The number of halogens is 2. The third-order valence-corrected chi connectivity index (χ3v) is 8.68. The SMILES string of the molecule is C=CC(=O)Cc1cc(N2C[C@@H](C)O[C@@H](C)C2)ccc1Nc1cc2c(cn1)cc(-c1c(Cl)c(OC)cc(OC)c1Cl)c1nccn12. The number of methoxy groups -OCH3 is 2. The Hall–Kier alpha value is -4.31. The highest BCUT2D eigenvalue weighted by atomic mass is 35.5. The summed E-state index contributed by atoms with van der Waals surface area (Å²) in [5.41, 5.74) is 5.45. The number of carbonyl (C=O) groups is 1. The molecule has 5 aromatic rings. The summed E-state index contributed by atoms with van der Waals surface area (Å²) in [6, 6.07) is 11.7. The number of nitrogens with zero attached hydrogens (tertiary/aromatic N) is 4. The number of benzene rings is 2. The minimum Gasteiger partial charge on any atom is -0.495 e. The minimum absolute atomic E-state index is 0.0652. The Bertz CT molecular complexity index is 1900. The van der Waals surface area contributed by atoms with Gasteiger partial charge in [-0.3, -0.25) is 9.20 Å². The van der Waals surface area contributed by atoms with Crippen LogP contribution in [0.5, 0.6) is 11.5 Å². The lowest BCUT2D eigenvalue weighted by Crippen LogP contribution is -2.45. The largest absolute Gasteiger partial charge is 0.495 e. The fourth-order valence-corrected chi connectivity index (χ4v) is 6.60. The highest BCUT2D eigenvalue weighted by molar-refractivity contribution is 6.41. The van der Waals surface area contributed by atoms with Gasteiger partial charge >= 0.3 is 0 Å². The van der Waals surface area contributed by atoms with Crippen LogP contribution in [-0.2, 0) is 16.0 Å². The molecule has 4 heterocycles. The van der Waals surface area contributed by atoms with E-state index < -0.39 is 0 Å². The molecule has 232 valence electrons. The molecule has 11 heteroatoms. The number of morpholine rings is 1. The van der Waals surface area contributed by atoms with E-state index in [1.165, 1.54) is 20.3 Å². The van der Waals surface area contributed by atoms with Crippen molar-refractivity contribution >= 4 is 62.7 Å². The number of carbonyl (C=O) groups excluding carboxylic acids is 1. The molecule has 3 aromatic heterocycles. The van der Waals surface area contributed by atoms with E-state index in [2.05, 4.69) is 47.8 Å². The molecule has 9 nitrogen and oxygen atoms in total. The van der Waals surface area contributed by atoms with E-state index >= 15 is 0 Å². The Labute approximate surface area is 271 Å². The zero-order chi connectivity index (χ0) is 31.8. The van der Waals surface area contributed by atoms with E-state index in [0.29, 0.717) is 44.1 Å². The molecule has 45 heavy (non-hydrogen) atoms. The van der Waals surface area contributed by atoms with Crippen molar-refractivity contribution in [3.05, 3.63) is 83.3 Å². The van der Waals surface area contributed by atoms with Gasteiger partial charge in [0.1, 0.15) is 23.0 Å². The minimum atomic E-state index is -0.0652. The first-order valence-electron chi connectivity index (χ1n) is 14.5. The predicted octanol–water partition coefficient (Wildman–Crippen LogP) is 7.53. The third-order valence-electron chi connectivity index (χ3n) is 7.92. The maximum Gasteiger partial charge on any atom is 0.159 e. The van der Waals surface area contributed by atoms with Crippen LogP contribution in [0.3, 0.4) is 0 Å². The lowest BCUT2D eigenvalue weighted by Gasteiger charge is -2.37. The number of fused-ring (bicyclic) bond motifs is 3. The standard InChI is InChI=1S/C34H33Cl2N5O4/c1-6-24(42)12-21-11-23(40-17-19(2)45-20(3)18-40)7-8-26(21)39-30-14-27-22(16-38-30)13-25(34-37-9-10-41(27)34)31-32(35)28(43-4)15-29(44-5)33(31)36/h6-11,13-16,19-20H,1,12,17-18H2,2-5H3,(H,38,39)/t19-,20+. The zero-order valence-electron chi connectivity index (χ0n) is 25.4. The molecule has 1 N–H and O–H groups in total. The Balaban J connectivity index is 1.41. The van der Waals surface area contributed by atoms with Gasteiger partial charge in [-0.15, -0.1) is 0 Å². The molecule has 1 saturated heterocycles. The molecule has 6 rings (SSSR count). The highest BCUT2D eigenvalue weighted by Crippen LogP contribution is 2.47. The van der Waals surface area contributed by atoms with Crippen LogP contribution >= 0.6 is 23.2 Å². The first kappa shape index (κ1) is 30.7. The van der Waals surface area contributed by atoms with E-state index in [4.69, 9.17) is 42.4 Å². The van der Waals surface area contributed by atoms with Gasteiger partial charge < -0.3 is 24.4 Å². The molecule has 0 saturated carbocycles. The average molecular weight is 647 g/mol. The van der Waals surface area contributed by atoms with Crippen LogP contribution in [-0.4, -0.2) is 59.7 Å². The average Bonchev–Trinajstić information content (AvgIpc) is 3.52. The second kappa shape index (κ2) is 12.6. The molecule has 0 amide bonds. The van der Waals surface area contributed by atoms with Gasteiger partial charge in [0, 0.05) is 78.1 Å². The Morgan fingerprint density at radius 2 is 1.78 bits per heavy atom. The summed E-state index contributed by atoms with van der Waals surface area (Å²) in [5.74, 6) is 1.41. The summed E-state index contributed by atoms with van der Waals surface area (Å²) in [7, 11) is 3.08. The van der Waals surface area contributed by atoms with Gasteiger partial charge in [0.2, 0.25) is 0 Å². The lowest BCUT2D eigenvalue weighted by atomic mass is 10.0. The van der Waals surface area contributed by atoms with Crippen molar-refractivity contribution in [1.82, 2.24) is 14.4 Å². The summed E-state index contributed by atoms with van der Waals surface area (Å²) >= 11 is 13.6. The van der Waals surface area contributed by atoms with Gasteiger partial charge in [-0.05, 0) is 49.8 Å². The van der Waals surface area contributed by atoms with Gasteiger partial charge in [-0.2, -0.15) is 0 Å². The molecule has 1 aliphatic heterocycles. The summed E-state index contributed by atoms with van der Waals surface area (Å²) in [4.78, 5) is 24.2. The molecule has 0 aliphatic carbocycles. The molecule has 0 radical (unpaired) electrons. The molecule has 0 bridgehead atoms. The fourth-order valence-electron chi connectivity index (χ4n) is 5.90. The Kier molecular flexibility index (Phi) is 8.59. The molecule has 0 unspecified atom stereocenters. The van der Waals surface area contributed by atoms with E-state index in [1.54, 1.807) is 18.5 Å². The van der Waals surface area contributed by atoms with Gasteiger partial charge in [0.15, 0.2) is 5.78 Å². The van der Waals surface area contributed by atoms with Crippen molar-refractivity contribution in [2.75, 3.05) is 37.5 Å². The van der Waals surface area contributed by atoms with Crippen molar-refractivity contribution < 1.29 is 19.0 Å². The van der Waals surface area contributed by atoms with E-state index in [1.807, 2.05) is 28.8 Å². The monoisotopic (exact) mass is 645 g/mol. The molecule has 1 aliphatic rings. The van der Waals surface area contributed by atoms with Crippen LogP contribution in [0.4, 0.5) is 17.2 Å². The van der Waals surface area contributed by atoms with Crippen molar-refractivity contribution in [3.63, 3.8) is 0 Å². The van der Waals surface area contributed by atoms with E-state index in [9.17, 15) is 4.79 Å². The molecule has 2 atom stereocenters. The van der Waals surface area contributed by atoms with E-state index in [0.717, 1.165) is 40.9 Å². The molecule has 1 fully saturated rings. The first-order chi connectivity index (χ1) is 21.7. The fraction of sp³-hybridized carbons (Fsp3) is 0.265. The van der Waals surface area contributed by atoms with Crippen LogP contribution in [0, 0.1) is 0 Å². The number of ketones is 1. The van der Waals surface area contributed by atoms with Crippen LogP contribution in [0.1, 0.15) is 19.4 Å². The van der Waals surface area contributed by atoms with Crippen molar-refractivity contribution in [1.29, 1.82) is 0 Å². The number of nitrogens with one attached hydrogen (secondary N) is 1. The van der Waals surface area contributed by atoms with Gasteiger partial charge in [-0.1, -0.05) is 29.8 Å². The number of ether oxygens (including phenoxy) is 3. The Morgan fingerprint density at radius 1 is 1.07 bits per heavy atom. The van der Waals surface area contributed by atoms with Crippen molar-refractivity contribution in [2.24, 2.45) is 0 Å². The number of aromatic nitrogens is 3. The van der Waals surface area contributed by atoms with Gasteiger partial charge in [0.25, 0.3) is 0 Å². The van der Waals surface area contributed by atoms with E-state index in [-0.39, 0.29) is 24.4 Å². The van der Waals surface area contributed by atoms with Crippen LogP contribution < -0.4 is 19.7 Å². The number of hydrogen-bond acceptors (Lipinski definition) is 8. The first-order valence-corrected chi connectivity index (χ1v) is 15.3. The van der Waals surface area contributed by atoms with Gasteiger partial charge in [-0.25, -0.2) is 9.97 Å². The van der Waals surface area contributed by atoms with Crippen molar-refractivity contribution in [2.45, 2.75) is 32.5 Å². The number of hydrogen-bond donors (Lipinski definition) is 1. The summed E-state index contributed by atoms with van der Waals surface area (Å²) in [6.45, 7) is 9.37. The topological polar surface area (TPSA) is 90.2 Å². The maximum atomic E-state index is 12.5. The van der Waals surface area contributed by atoms with Gasteiger partial charge in [0.05, 0.1) is 42.0 Å². The van der Waals surface area contributed by atoms with Crippen molar-refractivity contribution in [3.8, 4) is 22.6 Å². The number of anilines is 3. The summed E-state index contributed by atoms with van der Waals surface area (Å²) in [6.07, 6.45) is 7.17. The number of pyridine rings is 2. The second-order valence-electron chi connectivity index (χ2n) is 11.1. The van der Waals surface area contributed by atoms with Crippen LogP contribution in [0.25, 0.3) is 27.7 Å². The smallest absolute Gasteiger partial charge is 0.159 e. The van der Waals surface area contributed by atoms with Crippen LogP contribution in [0.2, 0.25) is 10.0 Å². The number of rotatable bonds is 9. The number of allylic oxidation sites excluding steroid dienone is 1. The molecule has 2 aromatic carbocycles. The normalized spacial score (nSPS) is 16.6. The molecular formula is C34H33Cl2N5O4. The summed E-state index contributed by atoms with van der Waals surface area (Å²) in [5, 5.41) is 4.98. The molecule has 0 spiro atoms. The maximum absolute atomic E-state index is 12.5. The highest BCUT2D eigenvalue weighted by Gasteiger charge is 2.24. The lowest BCUT2D eigenvalue weighted by molar-refractivity contribution is -0.114. The predicted molar refractivity (Wildman–Crippen MR) is 180 cm³/mol. The number of imidazole rings is 1. The quantitative estimate of drug-likeness (QED) is 0.165.